The van der Waals surface area contributed by atoms with Crippen molar-refractivity contribution in [3.05, 3.63) is 0 Å². The number of carbonyl (C=O) groups excluding carboxylic acids is 2. The van der Waals surface area contributed by atoms with Gasteiger partial charge in [-0.1, -0.05) is 20.3 Å². The van der Waals surface area contributed by atoms with Crippen LogP contribution in [0.15, 0.2) is 0 Å². The van der Waals surface area contributed by atoms with Gasteiger partial charge in [-0.3, -0.25) is 4.79 Å². The van der Waals surface area contributed by atoms with E-state index in [9.17, 15) is 14.7 Å². The molecule has 0 aliphatic carbocycles. The maximum Gasteiger partial charge on any atom is 0.259 e. The van der Waals surface area contributed by atoms with Gasteiger partial charge < -0.3 is 19.4 Å². The van der Waals surface area contributed by atoms with Crippen molar-refractivity contribution in [2.45, 2.75) is 39.2 Å². The maximum absolute atomic E-state index is 11.5. The van der Waals surface area contributed by atoms with Crippen LogP contribution in [0.2, 0.25) is 0 Å². The van der Waals surface area contributed by atoms with Crippen LogP contribution >= 0.6 is 0 Å². The molecule has 1 aliphatic heterocycles. The van der Waals surface area contributed by atoms with Gasteiger partial charge in [0.15, 0.2) is 0 Å². The predicted molar refractivity (Wildman–Crippen MR) is 53.4 cm³/mol. The Morgan fingerprint density at radius 3 is 2.56 bits per heavy atom. The third-order valence-electron chi connectivity index (χ3n) is 3.12. The average Bonchev–Trinajstić information content (AvgIpc) is 2.26. The van der Waals surface area contributed by atoms with Crippen LogP contribution in [0.4, 0.5) is 4.79 Å². The van der Waals surface area contributed by atoms with E-state index in [1.165, 1.54) is 0 Å². The zero-order chi connectivity index (χ0) is 12.1. The van der Waals surface area contributed by atoms with E-state index in [1.54, 1.807) is 0 Å². The van der Waals surface area contributed by atoms with Gasteiger partial charge in [0, 0.05) is 12.5 Å². The molecule has 3 atom stereocenters. The molecule has 92 valence electrons. The van der Waals surface area contributed by atoms with E-state index in [0.717, 1.165) is 12.8 Å². The first-order valence-corrected chi connectivity index (χ1v) is 5.64. The van der Waals surface area contributed by atoms with Crippen LogP contribution in [-0.2, 0) is 14.3 Å². The fraction of sp³-hybridized carbons (Fsp3) is 0.818. The fourth-order valence-corrected chi connectivity index (χ4v) is 2.36. The summed E-state index contributed by atoms with van der Waals surface area (Å²) in [6.45, 7) is 4.42. The number of hydrogen-bond donors (Lipinski definition) is 0. The van der Waals surface area contributed by atoms with Gasteiger partial charge >= 0.3 is 0 Å². The summed E-state index contributed by atoms with van der Waals surface area (Å²) in [4.78, 5) is 21.8. The van der Waals surface area contributed by atoms with Gasteiger partial charge in [-0.25, -0.2) is 0 Å². The minimum atomic E-state index is -1.78. The van der Waals surface area contributed by atoms with Gasteiger partial charge in [0.2, 0.25) is 5.97 Å². The number of carboxylic acid groups (broad SMARTS) is 1. The molecule has 0 aromatic carbocycles. The van der Waals surface area contributed by atoms with E-state index in [-0.39, 0.29) is 17.9 Å². The van der Waals surface area contributed by atoms with Crippen LogP contribution in [0.3, 0.4) is 0 Å². The van der Waals surface area contributed by atoms with Crippen molar-refractivity contribution < 1.29 is 24.2 Å². The standard InChI is InChI=1S/C11H18O5/c1-3-7-8(10(12)16-11(13)14)5-6-15-9(7)4-2/h7-9H,3-6H2,1-2H3,(H,13,14)/p-1. The third kappa shape index (κ3) is 2.95. The van der Waals surface area contributed by atoms with Crippen LogP contribution in [0.5, 0.6) is 0 Å². The van der Waals surface area contributed by atoms with Crippen molar-refractivity contribution in [3.63, 3.8) is 0 Å². The highest BCUT2D eigenvalue weighted by Crippen LogP contribution is 2.32. The molecular formula is C11H17O5-. The summed E-state index contributed by atoms with van der Waals surface area (Å²) in [7, 11) is 0. The van der Waals surface area contributed by atoms with Crippen molar-refractivity contribution in [1.82, 2.24) is 0 Å². The third-order valence-corrected chi connectivity index (χ3v) is 3.12. The number of carbonyl (C=O) groups is 2. The van der Waals surface area contributed by atoms with E-state index in [1.807, 2.05) is 13.8 Å². The molecule has 3 unspecified atom stereocenters. The van der Waals surface area contributed by atoms with Gasteiger partial charge in [0.05, 0.1) is 6.10 Å². The monoisotopic (exact) mass is 229 g/mol. The summed E-state index contributed by atoms with van der Waals surface area (Å²) in [5.74, 6) is -1.05. The smallest absolute Gasteiger partial charge is 0.259 e. The first-order chi connectivity index (χ1) is 7.60. The Bertz CT molecular complexity index is 263. The fourth-order valence-electron chi connectivity index (χ4n) is 2.36. The molecule has 0 bridgehead atoms. The first kappa shape index (κ1) is 13.0. The molecule has 0 spiro atoms. The number of ether oxygens (including phenoxy) is 2. The Kier molecular flexibility index (Phi) is 4.73. The number of hydrogen-bond acceptors (Lipinski definition) is 5. The summed E-state index contributed by atoms with van der Waals surface area (Å²) in [5, 5.41) is 10.2. The highest BCUT2D eigenvalue weighted by molar-refractivity contribution is 5.82. The molecule has 0 aromatic heterocycles. The Hall–Kier alpha value is -1.10. The molecule has 0 amide bonds. The van der Waals surface area contributed by atoms with Crippen LogP contribution in [-0.4, -0.2) is 24.8 Å². The highest BCUT2D eigenvalue weighted by atomic mass is 16.7. The van der Waals surface area contributed by atoms with Gasteiger partial charge in [0.1, 0.15) is 0 Å². The Morgan fingerprint density at radius 2 is 2.06 bits per heavy atom. The lowest BCUT2D eigenvalue weighted by atomic mass is 9.80. The summed E-state index contributed by atoms with van der Waals surface area (Å²) < 4.78 is 9.67. The number of esters is 1. The summed E-state index contributed by atoms with van der Waals surface area (Å²) >= 11 is 0. The SMILES string of the molecule is CCC1OCCC(C(=O)OC(=O)[O-])C1CC. The van der Waals surface area contributed by atoms with Crippen LogP contribution < -0.4 is 5.11 Å². The molecule has 5 nitrogen and oxygen atoms in total. The lowest BCUT2D eigenvalue weighted by Crippen LogP contribution is -2.42. The largest absolute Gasteiger partial charge is 0.484 e. The zero-order valence-electron chi connectivity index (χ0n) is 9.60. The van der Waals surface area contributed by atoms with Crippen molar-refractivity contribution in [3.8, 4) is 0 Å². The molecule has 0 saturated carbocycles. The van der Waals surface area contributed by atoms with E-state index in [2.05, 4.69) is 4.74 Å². The molecule has 16 heavy (non-hydrogen) atoms. The summed E-state index contributed by atoms with van der Waals surface area (Å²) in [5.41, 5.74) is 0. The Morgan fingerprint density at radius 1 is 1.38 bits per heavy atom. The van der Waals surface area contributed by atoms with Gasteiger partial charge in [0.25, 0.3) is 6.16 Å². The lowest BCUT2D eigenvalue weighted by molar-refractivity contribution is -0.280. The molecule has 0 radical (unpaired) electrons. The first-order valence-electron chi connectivity index (χ1n) is 5.64. The molecule has 1 heterocycles. The maximum atomic E-state index is 11.5. The van der Waals surface area contributed by atoms with Crippen LogP contribution in [0.25, 0.3) is 0 Å². The average molecular weight is 229 g/mol. The van der Waals surface area contributed by atoms with Gasteiger partial charge in [-0.2, -0.15) is 0 Å². The van der Waals surface area contributed by atoms with E-state index in [0.29, 0.717) is 13.0 Å². The van der Waals surface area contributed by atoms with E-state index in [4.69, 9.17) is 4.74 Å². The molecule has 1 saturated heterocycles. The zero-order valence-corrected chi connectivity index (χ0v) is 9.60. The highest BCUT2D eigenvalue weighted by Gasteiger charge is 2.36. The van der Waals surface area contributed by atoms with Crippen molar-refractivity contribution in [2.24, 2.45) is 11.8 Å². The van der Waals surface area contributed by atoms with Crippen molar-refractivity contribution in [1.29, 1.82) is 0 Å². The topological polar surface area (TPSA) is 75.7 Å². The molecule has 1 aliphatic rings. The Balaban J connectivity index is 2.68. The summed E-state index contributed by atoms with van der Waals surface area (Å²) in [6, 6.07) is 0. The van der Waals surface area contributed by atoms with E-state index < -0.39 is 12.1 Å². The lowest BCUT2D eigenvalue weighted by Gasteiger charge is -2.36. The molecule has 0 aromatic rings. The normalized spacial score (nSPS) is 29.8. The van der Waals surface area contributed by atoms with Crippen LogP contribution in [0.1, 0.15) is 33.1 Å². The van der Waals surface area contributed by atoms with Gasteiger partial charge in [-0.15, -0.1) is 0 Å². The van der Waals surface area contributed by atoms with Crippen LogP contribution in [0, 0.1) is 11.8 Å². The quantitative estimate of drug-likeness (QED) is 0.526. The summed E-state index contributed by atoms with van der Waals surface area (Å²) in [6.07, 6.45) is 0.331. The molecule has 0 N–H and O–H groups in total. The Labute approximate surface area is 94.7 Å². The second-order valence-electron chi connectivity index (χ2n) is 3.96. The minimum Gasteiger partial charge on any atom is -0.484 e. The number of rotatable bonds is 3. The second kappa shape index (κ2) is 5.84. The minimum absolute atomic E-state index is 0.0121. The predicted octanol–water partition coefficient (Wildman–Crippen LogP) is 0.714. The van der Waals surface area contributed by atoms with Gasteiger partial charge in [-0.05, 0) is 18.8 Å². The molecular weight excluding hydrogens is 212 g/mol. The second-order valence-corrected chi connectivity index (χ2v) is 3.96. The van der Waals surface area contributed by atoms with E-state index >= 15 is 0 Å². The van der Waals surface area contributed by atoms with Crippen molar-refractivity contribution >= 4 is 12.1 Å². The molecule has 5 heteroatoms. The van der Waals surface area contributed by atoms with Crippen molar-refractivity contribution in [2.75, 3.05) is 6.61 Å². The molecule has 1 rings (SSSR count). The molecule has 1 fully saturated rings.